The minimum Gasteiger partial charge on any atom is -0.507 e. The van der Waals surface area contributed by atoms with Crippen LogP contribution < -0.4 is 5.43 Å². The number of phenolic OH excluding ortho intramolecular Hbond substituents is 1. The first kappa shape index (κ1) is 14.6. The summed E-state index contributed by atoms with van der Waals surface area (Å²) in [5, 5.41) is 23.0. The number of hydrogen-bond acceptors (Lipinski definition) is 6. The molecule has 24 heavy (non-hydrogen) atoms. The van der Waals surface area contributed by atoms with E-state index in [1.165, 1.54) is 6.21 Å². The minimum atomic E-state index is 0.133. The number of aromatic hydroxyl groups is 1. The Kier molecular flexibility index (Phi) is 3.58. The number of hydrazone groups is 1. The van der Waals surface area contributed by atoms with Crippen molar-refractivity contribution in [2.75, 3.05) is 5.43 Å². The van der Waals surface area contributed by atoms with Crippen molar-refractivity contribution in [3.8, 4) is 5.75 Å². The number of nitrogens with one attached hydrogen (secondary N) is 2. The monoisotopic (exact) mass is 382 g/mol. The number of phenols is 1. The molecule has 2 aromatic heterocycles. The Morgan fingerprint density at radius 3 is 2.96 bits per heavy atom. The van der Waals surface area contributed by atoms with E-state index in [-0.39, 0.29) is 11.7 Å². The Hall–Kier alpha value is -3.00. The molecule has 0 bridgehead atoms. The standard InChI is InChI=1S/C16H11BrN6O/c17-10-5-6-13(24)9(7-10)8-18-22-16-20-15-14(21-23-16)11-3-1-2-4-12(11)19-15/h1-8,24H,(H2,19,20,22,23)/b18-8+. The zero-order chi connectivity index (χ0) is 16.5. The molecule has 0 unspecified atom stereocenters. The smallest absolute Gasteiger partial charge is 0.265 e. The van der Waals surface area contributed by atoms with Gasteiger partial charge in [-0.25, -0.2) is 5.43 Å². The Labute approximate surface area is 144 Å². The highest BCUT2D eigenvalue weighted by molar-refractivity contribution is 9.10. The van der Waals surface area contributed by atoms with Gasteiger partial charge in [-0.15, -0.1) is 10.2 Å². The quantitative estimate of drug-likeness (QED) is 0.372. The lowest BCUT2D eigenvalue weighted by Gasteiger charge is -2.00. The van der Waals surface area contributed by atoms with Crippen molar-refractivity contribution in [2.24, 2.45) is 5.10 Å². The molecule has 8 heteroatoms. The van der Waals surface area contributed by atoms with Crippen molar-refractivity contribution in [2.45, 2.75) is 0 Å². The number of benzene rings is 2. The third-order valence-corrected chi connectivity index (χ3v) is 3.97. The van der Waals surface area contributed by atoms with Crippen LogP contribution in [0, 0.1) is 0 Å². The first-order valence-corrected chi connectivity index (χ1v) is 7.89. The maximum absolute atomic E-state index is 9.77. The molecule has 2 aromatic carbocycles. The predicted octanol–water partition coefficient (Wildman–Crippen LogP) is 3.42. The average molecular weight is 383 g/mol. The molecule has 4 aromatic rings. The molecule has 0 aliphatic rings. The van der Waals surface area contributed by atoms with E-state index in [2.05, 4.69) is 46.6 Å². The first-order valence-electron chi connectivity index (χ1n) is 7.09. The van der Waals surface area contributed by atoms with Crippen LogP contribution in [0.2, 0.25) is 0 Å². The summed E-state index contributed by atoms with van der Waals surface area (Å²) in [7, 11) is 0. The second kappa shape index (κ2) is 5.89. The molecule has 0 spiro atoms. The van der Waals surface area contributed by atoms with Crippen molar-refractivity contribution in [1.82, 2.24) is 20.2 Å². The van der Waals surface area contributed by atoms with E-state index in [4.69, 9.17) is 0 Å². The third kappa shape index (κ3) is 2.67. The summed E-state index contributed by atoms with van der Waals surface area (Å²) in [4.78, 5) is 7.55. The number of H-pyrrole nitrogens is 1. The fourth-order valence-corrected chi connectivity index (χ4v) is 2.74. The second-order valence-electron chi connectivity index (χ2n) is 5.08. The van der Waals surface area contributed by atoms with Gasteiger partial charge in [-0.05, 0) is 24.3 Å². The Morgan fingerprint density at radius 2 is 2.04 bits per heavy atom. The number of para-hydroxylation sites is 1. The van der Waals surface area contributed by atoms with E-state index in [9.17, 15) is 5.11 Å². The summed E-state index contributed by atoms with van der Waals surface area (Å²) in [6.07, 6.45) is 1.48. The predicted molar refractivity (Wildman–Crippen MR) is 96.2 cm³/mol. The summed E-state index contributed by atoms with van der Waals surface area (Å²) in [5.74, 6) is 0.397. The van der Waals surface area contributed by atoms with Crippen molar-refractivity contribution >= 4 is 50.2 Å². The molecule has 118 valence electrons. The topological polar surface area (TPSA) is 99.1 Å². The molecule has 0 fully saturated rings. The number of fused-ring (bicyclic) bond motifs is 3. The van der Waals surface area contributed by atoms with Gasteiger partial charge in [0.25, 0.3) is 5.95 Å². The van der Waals surface area contributed by atoms with Crippen molar-refractivity contribution in [3.63, 3.8) is 0 Å². The van der Waals surface area contributed by atoms with Crippen LogP contribution in [0.15, 0.2) is 52.0 Å². The lowest BCUT2D eigenvalue weighted by molar-refractivity contribution is 0.474. The van der Waals surface area contributed by atoms with Gasteiger partial charge in [0.05, 0.1) is 6.21 Å². The number of nitrogens with zero attached hydrogens (tertiary/aromatic N) is 4. The molecule has 0 amide bonds. The maximum Gasteiger partial charge on any atom is 0.265 e. The van der Waals surface area contributed by atoms with E-state index in [0.717, 1.165) is 15.4 Å². The lowest BCUT2D eigenvalue weighted by atomic mass is 10.2. The molecular formula is C16H11BrN6O. The summed E-state index contributed by atoms with van der Waals surface area (Å²) in [6.45, 7) is 0. The van der Waals surface area contributed by atoms with Crippen molar-refractivity contribution < 1.29 is 5.11 Å². The number of aromatic nitrogens is 4. The van der Waals surface area contributed by atoms with E-state index in [1.807, 2.05) is 24.3 Å². The Bertz CT molecular complexity index is 1070. The lowest BCUT2D eigenvalue weighted by Crippen LogP contribution is -1.99. The average Bonchev–Trinajstić information content (AvgIpc) is 2.96. The molecule has 0 radical (unpaired) electrons. The van der Waals surface area contributed by atoms with Gasteiger partial charge in [0.1, 0.15) is 11.3 Å². The molecule has 3 N–H and O–H groups in total. The normalized spacial score (nSPS) is 11.5. The van der Waals surface area contributed by atoms with E-state index >= 15 is 0 Å². The van der Waals surface area contributed by atoms with Gasteiger partial charge in [0.2, 0.25) is 0 Å². The molecule has 0 atom stereocenters. The molecule has 0 saturated carbocycles. The summed E-state index contributed by atoms with van der Waals surface area (Å²) in [5.41, 5.74) is 5.58. The number of rotatable bonds is 3. The van der Waals surface area contributed by atoms with Crippen LogP contribution in [-0.2, 0) is 0 Å². The van der Waals surface area contributed by atoms with Crippen LogP contribution in [0.5, 0.6) is 5.75 Å². The Morgan fingerprint density at radius 1 is 1.17 bits per heavy atom. The van der Waals surface area contributed by atoms with Gasteiger partial charge in [0, 0.05) is 20.9 Å². The summed E-state index contributed by atoms with van der Waals surface area (Å²) < 4.78 is 0.846. The van der Waals surface area contributed by atoms with Crippen molar-refractivity contribution in [1.29, 1.82) is 0 Å². The highest BCUT2D eigenvalue weighted by Crippen LogP contribution is 2.22. The molecule has 0 aliphatic carbocycles. The fourth-order valence-electron chi connectivity index (χ4n) is 2.36. The number of hydrogen-bond donors (Lipinski definition) is 3. The Balaban J connectivity index is 1.61. The molecule has 0 saturated heterocycles. The molecule has 7 nitrogen and oxygen atoms in total. The second-order valence-corrected chi connectivity index (χ2v) is 5.99. The van der Waals surface area contributed by atoms with Gasteiger partial charge in [-0.3, -0.25) is 0 Å². The molecular weight excluding hydrogens is 372 g/mol. The van der Waals surface area contributed by atoms with Crippen LogP contribution in [0.4, 0.5) is 5.95 Å². The van der Waals surface area contributed by atoms with E-state index in [1.54, 1.807) is 18.2 Å². The van der Waals surface area contributed by atoms with E-state index in [0.29, 0.717) is 16.7 Å². The van der Waals surface area contributed by atoms with Gasteiger partial charge in [-0.1, -0.05) is 34.1 Å². The molecule has 0 aliphatic heterocycles. The van der Waals surface area contributed by atoms with Crippen LogP contribution in [-0.4, -0.2) is 31.5 Å². The van der Waals surface area contributed by atoms with Gasteiger partial charge in [0.15, 0.2) is 5.65 Å². The molecule has 4 rings (SSSR count). The van der Waals surface area contributed by atoms with Gasteiger partial charge in [-0.2, -0.15) is 10.1 Å². The highest BCUT2D eigenvalue weighted by atomic mass is 79.9. The molecule has 2 heterocycles. The van der Waals surface area contributed by atoms with Gasteiger partial charge < -0.3 is 10.1 Å². The van der Waals surface area contributed by atoms with Crippen molar-refractivity contribution in [3.05, 3.63) is 52.5 Å². The van der Waals surface area contributed by atoms with Crippen LogP contribution in [0.25, 0.3) is 22.1 Å². The summed E-state index contributed by atoms with van der Waals surface area (Å²) >= 11 is 3.34. The zero-order valence-corrected chi connectivity index (χ0v) is 13.8. The SMILES string of the molecule is Oc1ccc(Br)cc1/C=N/Nc1nnc2c(n1)[nH]c1ccccc12. The maximum atomic E-state index is 9.77. The van der Waals surface area contributed by atoms with Crippen LogP contribution in [0.1, 0.15) is 5.56 Å². The number of anilines is 1. The third-order valence-electron chi connectivity index (χ3n) is 3.48. The van der Waals surface area contributed by atoms with Crippen LogP contribution >= 0.6 is 15.9 Å². The fraction of sp³-hybridized carbons (Fsp3) is 0. The van der Waals surface area contributed by atoms with E-state index < -0.39 is 0 Å². The van der Waals surface area contributed by atoms with Gasteiger partial charge >= 0.3 is 0 Å². The zero-order valence-electron chi connectivity index (χ0n) is 12.2. The largest absolute Gasteiger partial charge is 0.507 e. The number of aromatic amines is 1. The van der Waals surface area contributed by atoms with Crippen LogP contribution in [0.3, 0.4) is 0 Å². The first-order chi connectivity index (χ1) is 11.7. The number of halogens is 1. The summed E-state index contributed by atoms with van der Waals surface area (Å²) in [6, 6.07) is 12.9. The highest BCUT2D eigenvalue weighted by Gasteiger charge is 2.08. The minimum absolute atomic E-state index is 0.133.